The molecule has 0 saturated carbocycles. The summed E-state index contributed by atoms with van der Waals surface area (Å²) in [6.45, 7) is 3.86. The van der Waals surface area contributed by atoms with Crippen LogP contribution in [-0.2, 0) is 19.2 Å². The molecule has 0 spiro atoms. The summed E-state index contributed by atoms with van der Waals surface area (Å²) in [6, 6.07) is 5.60. The number of carbonyl (C=O) groups excluding carboxylic acids is 4. The highest BCUT2D eigenvalue weighted by atomic mass is 31.0. The van der Waals surface area contributed by atoms with Gasteiger partial charge in [-0.1, -0.05) is 32.0 Å². The van der Waals surface area contributed by atoms with Crippen molar-refractivity contribution in [3.8, 4) is 0 Å². The van der Waals surface area contributed by atoms with Crippen molar-refractivity contribution in [3.63, 3.8) is 0 Å². The summed E-state index contributed by atoms with van der Waals surface area (Å²) in [5.41, 5.74) is 0.170. The lowest BCUT2D eigenvalue weighted by Crippen LogP contribution is -2.69. The molecule has 0 aliphatic carbocycles. The fourth-order valence-corrected chi connectivity index (χ4v) is 3.80. The van der Waals surface area contributed by atoms with Crippen molar-refractivity contribution >= 4 is 39.2 Å². The highest BCUT2D eigenvalue weighted by Crippen LogP contribution is 2.27. The molecule has 5 atom stereocenters. The van der Waals surface area contributed by atoms with E-state index in [0.717, 1.165) is 0 Å². The van der Waals surface area contributed by atoms with Gasteiger partial charge in [-0.25, -0.2) is 0 Å². The lowest BCUT2D eigenvalue weighted by Gasteiger charge is -2.47. The molecule has 3 N–H and O–H groups in total. The lowest BCUT2D eigenvalue weighted by atomic mass is 9.95. The van der Waals surface area contributed by atoms with E-state index in [-0.39, 0.29) is 18.1 Å². The molecule has 9 nitrogen and oxygen atoms in total. The average molecular weight is 435 g/mol. The van der Waals surface area contributed by atoms with E-state index in [1.807, 2.05) is 0 Å². The van der Waals surface area contributed by atoms with Crippen molar-refractivity contribution in [2.24, 2.45) is 5.92 Å². The first-order valence-electron chi connectivity index (χ1n) is 9.55. The summed E-state index contributed by atoms with van der Waals surface area (Å²) in [5.74, 6) is -2.86. The number of rotatable bonds is 9. The van der Waals surface area contributed by atoms with Crippen LogP contribution in [0.25, 0.3) is 0 Å². The van der Waals surface area contributed by atoms with E-state index in [4.69, 9.17) is 5.11 Å². The third-order valence-electron chi connectivity index (χ3n) is 4.84. The normalized spacial score (nSPS) is 19.9. The number of benzene rings is 1. The van der Waals surface area contributed by atoms with E-state index in [9.17, 15) is 24.0 Å². The van der Waals surface area contributed by atoms with Crippen LogP contribution >= 0.6 is 9.24 Å². The molecule has 2 unspecified atom stereocenters. The average Bonchev–Trinajstić information content (AvgIpc) is 2.68. The van der Waals surface area contributed by atoms with E-state index in [0.29, 0.717) is 11.8 Å². The molecule has 1 saturated heterocycles. The van der Waals surface area contributed by atoms with Crippen molar-refractivity contribution in [2.45, 2.75) is 44.1 Å². The van der Waals surface area contributed by atoms with Crippen molar-refractivity contribution in [3.05, 3.63) is 35.9 Å². The fraction of sp³-hybridized carbons (Fsp3) is 0.450. The van der Waals surface area contributed by atoms with Crippen molar-refractivity contribution < 1.29 is 29.1 Å². The number of nitrogens with one attached hydrogen (secondary N) is 2. The van der Waals surface area contributed by atoms with Crippen LogP contribution in [0.4, 0.5) is 0 Å². The first-order chi connectivity index (χ1) is 14.1. The van der Waals surface area contributed by atoms with E-state index >= 15 is 0 Å². The van der Waals surface area contributed by atoms with E-state index in [2.05, 4.69) is 19.9 Å². The van der Waals surface area contributed by atoms with Gasteiger partial charge in [0.15, 0.2) is 0 Å². The molecule has 1 heterocycles. The number of hydrogen-bond donors (Lipinski definition) is 3. The summed E-state index contributed by atoms with van der Waals surface area (Å²) in [7, 11) is 2.47. The van der Waals surface area contributed by atoms with Crippen LogP contribution in [-0.4, -0.2) is 70.3 Å². The maximum Gasteiger partial charge on any atom is 0.305 e. The zero-order valence-corrected chi connectivity index (χ0v) is 17.9. The van der Waals surface area contributed by atoms with Crippen LogP contribution in [0, 0.1) is 5.92 Å². The van der Waals surface area contributed by atoms with Crippen molar-refractivity contribution in [1.82, 2.24) is 15.5 Å². The third kappa shape index (κ3) is 5.63. The van der Waals surface area contributed by atoms with Gasteiger partial charge in [0, 0.05) is 17.8 Å². The van der Waals surface area contributed by atoms with Crippen LogP contribution in [0.2, 0.25) is 0 Å². The molecule has 0 radical (unpaired) electrons. The molecule has 1 aliphatic rings. The van der Waals surface area contributed by atoms with E-state index in [1.165, 1.54) is 4.90 Å². The number of carbonyl (C=O) groups is 5. The first-order valence-corrected chi connectivity index (χ1v) is 10.2. The van der Waals surface area contributed by atoms with E-state index < -0.39 is 48.2 Å². The Morgan fingerprint density at radius 1 is 1.20 bits per heavy atom. The Morgan fingerprint density at radius 2 is 1.83 bits per heavy atom. The van der Waals surface area contributed by atoms with Gasteiger partial charge in [0.2, 0.25) is 11.8 Å². The Bertz CT molecular complexity index is 816. The van der Waals surface area contributed by atoms with Gasteiger partial charge < -0.3 is 25.4 Å². The molecular weight excluding hydrogens is 409 g/mol. The smallest absolute Gasteiger partial charge is 0.305 e. The maximum atomic E-state index is 13.1. The molecule has 1 aromatic carbocycles. The number of likely N-dealkylation sites (tertiary alicyclic amines) is 1. The largest absolute Gasteiger partial charge is 0.481 e. The number of amides is 3. The second-order valence-electron chi connectivity index (χ2n) is 7.51. The number of carboxylic acid groups (broad SMARTS) is 1. The first kappa shape index (κ1) is 23.5. The Labute approximate surface area is 176 Å². The number of hydrogen-bond acceptors (Lipinski definition) is 5. The van der Waals surface area contributed by atoms with Gasteiger partial charge in [0.05, 0.1) is 12.5 Å². The standard InChI is InChI=1S/C20H26N3O6P/c1-11(2)16(22-18(27)12-6-4-3-5-7-12)20(29)23-9-14(30)17(23)19(28)21-13(10-24)8-15(25)26/h3-7,10-11,13-14,16-17H,8-9,30H2,1-2H3,(H,21,28)(H,22,27)(H,25,26)/t13-,14-,16-,17?/m0/s1. The Balaban J connectivity index is 2.10. The molecule has 162 valence electrons. The third-order valence-corrected chi connectivity index (χ3v) is 5.42. The molecule has 2 rings (SSSR count). The zero-order valence-electron chi connectivity index (χ0n) is 16.8. The molecule has 3 amide bonds. The van der Waals surface area contributed by atoms with Gasteiger partial charge in [0.1, 0.15) is 18.4 Å². The van der Waals surface area contributed by atoms with Gasteiger partial charge in [-0.3, -0.25) is 19.2 Å². The summed E-state index contributed by atoms with van der Waals surface area (Å²) in [4.78, 5) is 61.4. The monoisotopic (exact) mass is 435 g/mol. The maximum absolute atomic E-state index is 13.1. The Kier molecular flexibility index (Phi) is 8.06. The van der Waals surface area contributed by atoms with Gasteiger partial charge >= 0.3 is 5.97 Å². The fourth-order valence-electron chi connectivity index (χ4n) is 3.19. The quantitative estimate of drug-likeness (QED) is 0.371. The molecule has 1 aliphatic heterocycles. The van der Waals surface area contributed by atoms with Crippen molar-refractivity contribution in [1.29, 1.82) is 0 Å². The Morgan fingerprint density at radius 3 is 2.33 bits per heavy atom. The van der Waals surface area contributed by atoms with Crippen LogP contribution in [0.5, 0.6) is 0 Å². The molecule has 0 aromatic heterocycles. The molecule has 0 bridgehead atoms. The molecule has 10 heteroatoms. The minimum absolute atomic E-state index is 0.229. The van der Waals surface area contributed by atoms with Crippen LogP contribution in [0.1, 0.15) is 30.6 Å². The topological polar surface area (TPSA) is 133 Å². The highest BCUT2D eigenvalue weighted by Gasteiger charge is 2.47. The van der Waals surface area contributed by atoms with Gasteiger partial charge in [-0.2, -0.15) is 0 Å². The predicted molar refractivity (Wildman–Crippen MR) is 112 cm³/mol. The summed E-state index contributed by atoms with van der Waals surface area (Å²) >= 11 is 0. The van der Waals surface area contributed by atoms with Crippen LogP contribution < -0.4 is 10.6 Å². The van der Waals surface area contributed by atoms with Crippen LogP contribution in [0.15, 0.2) is 30.3 Å². The summed E-state index contributed by atoms with van der Waals surface area (Å²) < 4.78 is 0. The van der Waals surface area contributed by atoms with Gasteiger partial charge in [-0.05, 0) is 18.1 Å². The minimum atomic E-state index is -1.22. The predicted octanol–water partition coefficient (Wildman–Crippen LogP) is 0.0539. The lowest BCUT2D eigenvalue weighted by molar-refractivity contribution is -0.149. The molecular formula is C20H26N3O6P. The molecule has 30 heavy (non-hydrogen) atoms. The van der Waals surface area contributed by atoms with Gasteiger partial charge in [0.25, 0.3) is 5.91 Å². The summed E-state index contributed by atoms with van der Waals surface area (Å²) in [5, 5.41) is 13.9. The molecule has 1 aromatic rings. The van der Waals surface area contributed by atoms with E-state index in [1.54, 1.807) is 44.2 Å². The second kappa shape index (κ2) is 10.3. The highest BCUT2D eigenvalue weighted by molar-refractivity contribution is 7.18. The second-order valence-corrected chi connectivity index (χ2v) is 8.37. The van der Waals surface area contributed by atoms with Crippen LogP contribution in [0.3, 0.4) is 0 Å². The minimum Gasteiger partial charge on any atom is -0.481 e. The van der Waals surface area contributed by atoms with Gasteiger partial charge in [-0.15, -0.1) is 9.24 Å². The summed E-state index contributed by atoms with van der Waals surface area (Å²) in [6.07, 6.45) is -0.190. The number of aldehydes is 1. The Hall–Kier alpha value is -2.80. The van der Waals surface area contributed by atoms with Crippen molar-refractivity contribution in [2.75, 3.05) is 6.54 Å². The molecule has 1 fully saturated rings. The number of nitrogens with zero attached hydrogens (tertiary/aromatic N) is 1. The number of carboxylic acids is 1. The SMILES string of the molecule is CC(C)[C@H](NC(=O)c1ccccc1)C(=O)N1C[C@H](P)C1C(=O)N[C@H](C=O)CC(=O)O. The number of aliphatic carboxylic acids is 1. The zero-order chi connectivity index (χ0) is 22.4.